The van der Waals surface area contributed by atoms with Gasteiger partial charge in [-0.05, 0) is 25.8 Å². The van der Waals surface area contributed by atoms with Gasteiger partial charge in [0.05, 0.1) is 0 Å². The second-order valence-electron chi connectivity index (χ2n) is 4.45. The van der Waals surface area contributed by atoms with Gasteiger partial charge >= 0.3 is 0 Å². The van der Waals surface area contributed by atoms with E-state index in [0.29, 0.717) is 6.04 Å². The zero-order valence-corrected chi connectivity index (χ0v) is 8.80. The van der Waals surface area contributed by atoms with Crippen LogP contribution in [0.3, 0.4) is 0 Å². The Labute approximate surface area is 76.3 Å². The van der Waals surface area contributed by atoms with Crippen molar-refractivity contribution in [2.75, 3.05) is 26.7 Å². The summed E-state index contributed by atoms with van der Waals surface area (Å²) < 4.78 is 0. The van der Waals surface area contributed by atoms with Crippen LogP contribution in [0.4, 0.5) is 0 Å². The highest BCUT2D eigenvalue weighted by atomic mass is 15.1. The van der Waals surface area contributed by atoms with E-state index in [-0.39, 0.29) is 0 Å². The average molecular weight is 170 g/mol. The summed E-state index contributed by atoms with van der Waals surface area (Å²) >= 11 is 0. The first kappa shape index (κ1) is 10.0. The van der Waals surface area contributed by atoms with E-state index in [1.807, 2.05) is 0 Å². The van der Waals surface area contributed by atoms with Gasteiger partial charge in [0.1, 0.15) is 0 Å². The topological polar surface area (TPSA) is 15.3 Å². The highest BCUT2D eigenvalue weighted by molar-refractivity contribution is 4.79. The number of nitrogens with zero attached hydrogens (tertiary/aromatic N) is 1. The van der Waals surface area contributed by atoms with Crippen molar-refractivity contribution < 1.29 is 0 Å². The van der Waals surface area contributed by atoms with E-state index in [2.05, 4.69) is 38.0 Å². The van der Waals surface area contributed by atoms with E-state index in [0.717, 1.165) is 11.8 Å². The lowest BCUT2D eigenvalue weighted by Crippen LogP contribution is -2.49. The smallest absolute Gasteiger partial charge is 0.00870 e. The first-order valence-corrected chi connectivity index (χ1v) is 5.02. The molecule has 0 spiro atoms. The molecule has 72 valence electrons. The Bertz CT molecular complexity index is 130. The molecule has 2 nitrogen and oxygen atoms in total. The molecule has 0 amide bonds. The highest BCUT2D eigenvalue weighted by Gasteiger charge is 2.21. The summed E-state index contributed by atoms with van der Waals surface area (Å²) in [7, 11) is 2.24. The van der Waals surface area contributed by atoms with Crippen LogP contribution in [-0.4, -0.2) is 37.6 Å². The predicted molar refractivity (Wildman–Crippen MR) is 53.3 cm³/mol. The van der Waals surface area contributed by atoms with Gasteiger partial charge < -0.3 is 10.2 Å². The van der Waals surface area contributed by atoms with Crippen LogP contribution >= 0.6 is 0 Å². The summed E-state index contributed by atoms with van der Waals surface area (Å²) in [6, 6.07) is 0.714. The Morgan fingerprint density at radius 1 is 1.33 bits per heavy atom. The lowest BCUT2D eigenvalue weighted by Gasteiger charge is -2.35. The van der Waals surface area contributed by atoms with Gasteiger partial charge in [-0.1, -0.05) is 13.8 Å². The number of nitrogens with one attached hydrogen (secondary N) is 1. The second-order valence-corrected chi connectivity index (χ2v) is 4.45. The fourth-order valence-corrected chi connectivity index (χ4v) is 1.56. The SMILES string of the molecule is CC(C)C(C)N(C)CC1CNC1. The summed E-state index contributed by atoms with van der Waals surface area (Å²) in [5, 5.41) is 3.31. The van der Waals surface area contributed by atoms with Crippen molar-refractivity contribution in [3.8, 4) is 0 Å². The first-order chi connectivity index (χ1) is 5.61. The van der Waals surface area contributed by atoms with E-state index < -0.39 is 0 Å². The molecule has 12 heavy (non-hydrogen) atoms. The standard InChI is InChI=1S/C10H22N2/c1-8(2)9(3)12(4)7-10-5-11-6-10/h8-11H,5-7H2,1-4H3. The molecule has 1 fully saturated rings. The molecule has 0 aliphatic carbocycles. The molecule has 1 aliphatic rings. The summed E-state index contributed by atoms with van der Waals surface area (Å²) in [5.41, 5.74) is 0. The monoisotopic (exact) mass is 170 g/mol. The van der Waals surface area contributed by atoms with Gasteiger partial charge in [-0.3, -0.25) is 0 Å². The van der Waals surface area contributed by atoms with Gasteiger partial charge in [0, 0.05) is 25.7 Å². The molecule has 2 heteroatoms. The van der Waals surface area contributed by atoms with Gasteiger partial charge in [0.2, 0.25) is 0 Å². The molecular weight excluding hydrogens is 148 g/mol. The Morgan fingerprint density at radius 3 is 2.25 bits per heavy atom. The van der Waals surface area contributed by atoms with E-state index in [9.17, 15) is 0 Å². The Hall–Kier alpha value is -0.0800. The van der Waals surface area contributed by atoms with Crippen LogP contribution in [-0.2, 0) is 0 Å². The van der Waals surface area contributed by atoms with Crippen LogP contribution in [0.1, 0.15) is 20.8 Å². The van der Waals surface area contributed by atoms with Crippen LogP contribution < -0.4 is 5.32 Å². The molecule has 1 rings (SSSR count). The summed E-state index contributed by atoms with van der Waals surface area (Å²) in [6.07, 6.45) is 0. The van der Waals surface area contributed by atoms with Gasteiger partial charge in [-0.25, -0.2) is 0 Å². The Balaban J connectivity index is 2.21. The van der Waals surface area contributed by atoms with Gasteiger partial charge in [0.15, 0.2) is 0 Å². The minimum Gasteiger partial charge on any atom is -0.316 e. The molecule has 0 saturated carbocycles. The fourth-order valence-electron chi connectivity index (χ4n) is 1.56. The largest absolute Gasteiger partial charge is 0.316 e. The lowest BCUT2D eigenvalue weighted by molar-refractivity contribution is 0.155. The van der Waals surface area contributed by atoms with Crippen molar-refractivity contribution in [2.24, 2.45) is 11.8 Å². The summed E-state index contributed by atoms with van der Waals surface area (Å²) in [6.45, 7) is 10.6. The van der Waals surface area contributed by atoms with Crippen LogP contribution in [0, 0.1) is 11.8 Å². The van der Waals surface area contributed by atoms with Crippen molar-refractivity contribution >= 4 is 0 Å². The van der Waals surface area contributed by atoms with E-state index in [1.54, 1.807) is 0 Å². The molecule has 1 saturated heterocycles. The van der Waals surface area contributed by atoms with Crippen LogP contribution in [0.5, 0.6) is 0 Å². The van der Waals surface area contributed by atoms with Crippen LogP contribution in [0.15, 0.2) is 0 Å². The summed E-state index contributed by atoms with van der Waals surface area (Å²) in [4.78, 5) is 2.48. The molecule has 0 bridgehead atoms. The first-order valence-electron chi connectivity index (χ1n) is 5.02. The van der Waals surface area contributed by atoms with Gasteiger partial charge in [-0.15, -0.1) is 0 Å². The number of rotatable bonds is 4. The van der Waals surface area contributed by atoms with Crippen LogP contribution in [0.2, 0.25) is 0 Å². The highest BCUT2D eigenvalue weighted by Crippen LogP contribution is 2.12. The molecule has 1 aliphatic heterocycles. The third-order valence-electron chi connectivity index (χ3n) is 3.07. The maximum atomic E-state index is 3.31. The van der Waals surface area contributed by atoms with Crippen molar-refractivity contribution in [1.29, 1.82) is 0 Å². The Morgan fingerprint density at radius 2 is 1.92 bits per heavy atom. The molecule has 0 radical (unpaired) electrons. The zero-order chi connectivity index (χ0) is 9.14. The maximum Gasteiger partial charge on any atom is 0.00870 e. The maximum absolute atomic E-state index is 3.31. The summed E-state index contributed by atoms with van der Waals surface area (Å²) in [5.74, 6) is 1.67. The fraction of sp³-hybridized carbons (Fsp3) is 1.00. The van der Waals surface area contributed by atoms with Crippen molar-refractivity contribution in [3.05, 3.63) is 0 Å². The minimum atomic E-state index is 0.714. The zero-order valence-electron chi connectivity index (χ0n) is 8.80. The quantitative estimate of drug-likeness (QED) is 0.681. The lowest BCUT2D eigenvalue weighted by atomic mass is 9.99. The predicted octanol–water partition coefficient (Wildman–Crippen LogP) is 1.18. The molecule has 1 heterocycles. The van der Waals surface area contributed by atoms with Crippen LogP contribution in [0.25, 0.3) is 0 Å². The second kappa shape index (κ2) is 4.24. The van der Waals surface area contributed by atoms with Crippen molar-refractivity contribution in [1.82, 2.24) is 10.2 Å². The normalized spacial score (nSPS) is 21.5. The number of hydrogen-bond donors (Lipinski definition) is 1. The van der Waals surface area contributed by atoms with Gasteiger partial charge in [0.25, 0.3) is 0 Å². The minimum absolute atomic E-state index is 0.714. The third kappa shape index (κ3) is 2.46. The molecule has 1 unspecified atom stereocenters. The molecule has 0 aromatic carbocycles. The van der Waals surface area contributed by atoms with E-state index >= 15 is 0 Å². The number of hydrogen-bond acceptors (Lipinski definition) is 2. The molecule has 0 aromatic heterocycles. The van der Waals surface area contributed by atoms with Crippen molar-refractivity contribution in [3.63, 3.8) is 0 Å². The molecule has 1 N–H and O–H groups in total. The van der Waals surface area contributed by atoms with E-state index in [4.69, 9.17) is 0 Å². The van der Waals surface area contributed by atoms with Crippen molar-refractivity contribution in [2.45, 2.75) is 26.8 Å². The molecule has 0 aromatic rings. The third-order valence-corrected chi connectivity index (χ3v) is 3.07. The van der Waals surface area contributed by atoms with E-state index in [1.165, 1.54) is 19.6 Å². The average Bonchev–Trinajstić information content (AvgIpc) is 1.94. The molecule has 1 atom stereocenters. The molecular formula is C10H22N2. The van der Waals surface area contributed by atoms with Gasteiger partial charge in [-0.2, -0.15) is 0 Å². The Kier molecular flexibility index (Phi) is 3.53.